The molecular formula is C23H24N2O4. The Kier molecular flexibility index (Phi) is 6.12. The molecule has 1 amide bonds. The SMILES string of the molecule is CCOC(=O)c1nc(CN(C)C(C)=O)c2cc(Oc3ccccc3)ccc2c1C. The number of aryl methyl sites for hydroxylation is 1. The van der Waals surface area contributed by atoms with Gasteiger partial charge in [-0.25, -0.2) is 9.78 Å². The Labute approximate surface area is 170 Å². The molecule has 1 aromatic heterocycles. The van der Waals surface area contributed by atoms with Crippen LogP contribution >= 0.6 is 0 Å². The molecule has 0 aliphatic carbocycles. The van der Waals surface area contributed by atoms with Crippen LogP contribution in [-0.2, 0) is 16.1 Å². The second-order valence-electron chi connectivity index (χ2n) is 6.75. The molecule has 0 saturated heterocycles. The molecule has 0 radical (unpaired) electrons. The van der Waals surface area contributed by atoms with E-state index in [0.29, 0.717) is 11.4 Å². The van der Waals surface area contributed by atoms with E-state index < -0.39 is 5.97 Å². The third kappa shape index (κ3) is 4.54. The maximum absolute atomic E-state index is 12.4. The third-order valence-corrected chi connectivity index (χ3v) is 4.68. The Balaban J connectivity index is 2.12. The second-order valence-corrected chi connectivity index (χ2v) is 6.75. The van der Waals surface area contributed by atoms with Crippen LogP contribution in [0.4, 0.5) is 0 Å². The lowest BCUT2D eigenvalue weighted by molar-refractivity contribution is -0.128. The van der Waals surface area contributed by atoms with Crippen LogP contribution in [0.1, 0.15) is 35.6 Å². The van der Waals surface area contributed by atoms with Gasteiger partial charge in [-0.3, -0.25) is 4.79 Å². The normalized spacial score (nSPS) is 10.6. The van der Waals surface area contributed by atoms with Gasteiger partial charge in [0.15, 0.2) is 5.69 Å². The van der Waals surface area contributed by atoms with Crippen LogP contribution in [-0.4, -0.2) is 35.4 Å². The molecule has 0 aliphatic rings. The van der Waals surface area contributed by atoms with E-state index >= 15 is 0 Å². The van der Waals surface area contributed by atoms with Crippen molar-refractivity contribution in [1.82, 2.24) is 9.88 Å². The highest BCUT2D eigenvalue weighted by atomic mass is 16.5. The van der Waals surface area contributed by atoms with Crippen LogP contribution in [0.25, 0.3) is 10.8 Å². The number of benzene rings is 2. The van der Waals surface area contributed by atoms with Gasteiger partial charge in [0.1, 0.15) is 11.5 Å². The molecule has 0 spiro atoms. The molecular weight excluding hydrogens is 368 g/mol. The molecule has 0 aliphatic heterocycles. The van der Waals surface area contributed by atoms with Crippen molar-refractivity contribution in [2.45, 2.75) is 27.3 Å². The molecule has 0 N–H and O–H groups in total. The molecule has 3 rings (SSSR count). The van der Waals surface area contributed by atoms with Crippen LogP contribution in [0.5, 0.6) is 11.5 Å². The maximum Gasteiger partial charge on any atom is 0.357 e. The van der Waals surface area contributed by atoms with E-state index in [4.69, 9.17) is 9.47 Å². The van der Waals surface area contributed by atoms with Crippen LogP contribution in [0.2, 0.25) is 0 Å². The average molecular weight is 392 g/mol. The highest BCUT2D eigenvalue weighted by molar-refractivity contribution is 5.98. The minimum atomic E-state index is -0.469. The second kappa shape index (κ2) is 8.73. The summed E-state index contributed by atoms with van der Waals surface area (Å²) in [5.41, 5.74) is 1.62. The van der Waals surface area contributed by atoms with Gasteiger partial charge in [-0.05, 0) is 49.1 Å². The van der Waals surface area contributed by atoms with Crippen molar-refractivity contribution in [1.29, 1.82) is 0 Å². The molecule has 2 aromatic carbocycles. The first-order chi connectivity index (χ1) is 13.9. The van der Waals surface area contributed by atoms with Crippen molar-refractivity contribution >= 4 is 22.6 Å². The lowest BCUT2D eigenvalue weighted by atomic mass is 10.0. The number of pyridine rings is 1. The number of hydrogen-bond acceptors (Lipinski definition) is 5. The number of esters is 1. The monoisotopic (exact) mass is 392 g/mol. The minimum absolute atomic E-state index is 0.0881. The lowest BCUT2D eigenvalue weighted by Crippen LogP contribution is -2.24. The van der Waals surface area contributed by atoms with E-state index in [1.807, 2.05) is 55.5 Å². The van der Waals surface area contributed by atoms with Gasteiger partial charge in [0.05, 0.1) is 18.8 Å². The fraction of sp³-hybridized carbons (Fsp3) is 0.261. The topological polar surface area (TPSA) is 68.7 Å². The third-order valence-electron chi connectivity index (χ3n) is 4.68. The van der Waals surface area contributed by atoms with E-state index in [9.17, 15) is 9.59 Å². The maximum atomic E-state index is 12.4. The fourth-order valence-corrected chi connectivity index (χ4v) is 3.04. The number of carbonyl (C=O) groups is 2. The van der Waals surface area contributed by atoms with Crippen LogP contribution < -0.4 is 4.74 Å². The van der Waals surface area contributed by atoms with E-state index in [1.54, 1.807) is 18.9 Å². The zero-order chi connectivity index (χ0) is 21.0. The van der Waals surface area contributed by atoms with Crippen LogP contribution in [0.3, 0.4) is 0 Å². The summed E-state index contributed by atoms with van der Waals surface area (Å²) in [5, 5.41) is 1.70. The van der Waals surface area contributed by atoms with Gasteiger partial charge < -0.3 is 14.4 Å². The number of rotatable bonds is 6. The Bertz CT molecular complexity index is 1050. The lowest BCUT2D eigenvalue weighted by Gasteiger charge is -2.18. The van der Waals surface area contributed by atoms with E-state index in [2.05, 4.69) is 4.98 Å². The molecule has 0 unspecified atom stereocenters. The zero-order valence-corrected chi connectivity index (χ0v) is 17.1. The number of ether oxygens (including phenoxy) is 2. The molecule has 3 aromatic rings. The summed E-state index contributed by atoms with van der Waals surface area (Å²) in [4.78, 5) is 30.3. The van der Waals surface area contributed by atoms with Gasteiger partial charge in [-0.1, -0.05) is 24.3 Å². The summed E-state index contributed by atoms with van der Waals surface area (Å²) >= 11 is 0. The summed E-state index contributed by atoms with van der Waals surface area (Å²) < 4.78 is 11.1. The van der Waals surface area contributed by atoms with E-state index in [-0.39, 0.29) is 24.8 Å². The largest absolute Gasteiger partial charge is 0.461 e. The fourth-order valence-electron chi connectivity index (χ4n) is 3.04. The smallest absolute Gasteiger partial charge is 0.357 e. The van der Waals surface area contributed by atoms with Crippen molar-refractivity contribution in [3.8, 4) is 11.5 Å². The van der Waals surface area contributed by atoms with Crippen molar-refractivity contribution in [3.63, 3.8) is 0 Å². The standard InChI is InChI=1S/C23H24N2O4/c1-5-28-23(27)22-15(2)19-12-11-18(29-17-9-7-6-8-10-17)13-20(19)21(24-22)14-25(4)16(3)26/h6-13H,5,14H2,1-4H3. The van der Waals surface area contributed by atoms with Gasteiger partial charge >= 0.3 is 5.97 Å². The Morgan fingerprint density at radius 1 is 1.03 bits per heavy atom. The molecule has 6 heteroatoms. The van der Waals surface area contributed by atoms with Crippen molar-refractivity contribution in [2.24, 2.45) is 0 Å². The summed E-state index contributed by atoms with van der Waals surface area (Å²) in [5.74, 6) is 0.820. The number of nitrogens with zero attached hydrogens (tertiary/aromatic N) is 2. The highest BCUT2D eigenvalue weighted by Crippen LogP contribution is 2.30. The van der Waals surface area contributed by atoms with Crippen molar-refractivity contribution in [3.05, 3.63) is 65.5 Å². The number of aromatic nitrogens is 1. The summed E-state index contributed by atoms with van der Waals surface area (Å²) in [6.07, 6.45) is 0. The number of para-hydroxylation sites is 1. The van der Waals surface area contributed by atoms with Gasteiger partial charge in [0.25, 0.3) is 0 Å². The molecule has 150 valence electrons. The molecule has 6 nitrogen and oxygen atoms in total. The minimum Gasteiger partial charge on any atom is -0.461 e. The molecule has 0 bridgehead atoms. The number of amides is 1. The number of carbonyl (C=O) groups excluding carboxylic acids is 2. The van der Waals surface area contributed by atoms with Gasteiger partial charge in [0.2, 0.25) is 5.91 Å². The van der Waals surface area contributed by atoms with Gasteiger partial charge in [-0.2, -0.15) is 0 Å². The van der Waals surface area contributed by atoms with Gasteiger partial charge in [-0.15, -0.1) is 0 Å². The number of hydrogen-bond donors (Lipinski definition) is 0. The molecule has 0 atom stereocenters. The van der Waals surface area contributed by atoms with Gasteiger partial charge in [0, 0.05) is 19.4 Å². The predicted octanol–water partition coefficient (Wildman–Crippen LogP) is 4.49. The summed E-state index contributed by atoms with van der Waals surface area (Å²) in [6, 6.07) is 15.1. The molecule has 0 saturated carbocycles. The van der Waals surface area contributed by atoms with E-state index in [1.165, 1.54) is 6.92 Å². The first-order valence-corrected chi connectivity index (χ1v) is 9.45. The summed E-state index contributed by atoms with van der Waals surface area (Å²) in [6.45, 7) is 5.63. The molecule has 29 heavy (non-hydrogen) atoms. The Morgan fingerprint density at radius 3 is 2.41 bits per heavy atom. The molecule has 0 fully saturated rings. The molecule has 1 heterocycles. The predicted molar refractivity (Wildman–Crippen MR) is 111 cm³/mol. The van der Waals surface area contributed by atoms with E-state index in [0.717, 1.165) is 22.1 Å². The average Bonchev–Trinajstić information content (AvgIpc) is 2.70. The Morgan fingerprint density at radius 2 is 1.76 bits per heavy atom. The number of fused-ring (bicyclic) bond motifs is 1. The van der Waals surface area contributed by atoms with Crippen LogP contribution in [0.15, 0.2) is 48.5 Å². The van der Waals surface area contributed by atoms with Crippen molar-refractivity contribution in [2.75, 3.05) is 13.7 Å². The summed E-state index contributed by atoms with van der Waals surface area (Å²) in [7, 11) is 1.70. The first kappa shape index (κ1) is 20.3. The van der Waals surface area contributed by atoms with Crippen molar-refractivity contribution < 1.29 is 19.1 Å². The Hall–Kier alpha value is -3.41. The first-order valence-electron chi connectivity index (χ1n) is 9.45. The quantitative estimate of drug-likeness (QED) is 0.578. The highest BCUT2D eigenvalue weighted by Gasteiger charge is 2.19. The van der Waals surface area contributed by atoms with Crippen LogP contribution in [0, 0.1) is 6.92 Å². The zero-order valence-electron chi connectivity index (χ0n) is 17.1.